The van der Waals surface area contributed by atoms with Crippen LogP contribution in [-0.2, 0) is 4.74 Å². The highest BCUT2D eigenvalue weighted by atomic mass is 35.5. The number of carbonyl (C=O) groups is 1. The number of hydrogen-bond acceptors (Lipinski definition) is 3. The van der Waals surface area contributed by atoms with Crippen molar-refractivity contribution < 1.29 is 22.7 Å². The van der Waals surface area contributed by atoms with Crippen LogP contribution in [0.2, 0.25) is 5.02 Å². The van der Waals surface area contributed by atoms with Gasteiger partial charge in [0.25, 0.3) is 6.43 Å². The van der Waals surface area contributed by atoms with Crippen molar-refractivity contribution in [2.45, 2.75) is 13.3 Å². The molecule has 0 saturated carbocycles. The van der Waals surface area contributed by atoms with E-state index in [0.29, 0.717) is 6.07 Å². The number of esters is 1. The number of aromatic nitrogens is 1. The number of alkyl halides is 2. The van der Waals surface area contributed by atoms with Crippen LogP contribution in [0, 0.1) is 5.82 Å². The molecule has 0 bridgehead atoms. The van der Waals surface area contributed by atoms with Crippen LogP contribution < -0.4 is 0 Å². The lowest BCUT2D eigenvalue weighted by atomic mass is 10.3. The molecule has 1 rings (SSSR count). The largest absolute Gasteiger partial charge is 0.461 e. The molecule has 0 aliphatic heterocycles. The first-order chi connectivity index (χ1) is 7.47. The van der Waals surface area contributed by atoms with Crippen molar-refractivity contribution >= 4 is 17.6 Å². The van der Waals surface area contributed by atoms with Crippen LogP contribution in [0.3, 0.4) is 0 Å². The first kappa shape index (κ1) is 12.8. The molecule has 0 amide bonds. The summed E-state index contributed by atoms with van der Waals surface area (Å²) in [5, 5.41) is -0.527. The van der Waals surface area contributed by atoms with E-state index in [1.807, 2.05) is 0 Å². The van der Waals surface area contributed by atoms with Crippen molar-refractivity contribution in [2.24, 2.45) is 0 Å². The molecule has 7 heteroatoms. The summed E-state index contributed by atoms with van der Waals surface area (Å²) in [7, 11) is 0. The smallest absolute Gasteiger partial charge is 0.360 e. The van der Waals surface area contributed by atoms with E-state index in [1.54, 1.807) is 0 Å². The summed E-state index contributed by atoms with van der Waals surface area (Å²) in [6.07, 6.45) is -2.98. The predicted molar refractivity (Wildman–Crippen MR) is 50.1 cm³/mol. The van der Waals surface area contributed by atoms with Crippen molar-refractivity contribution in [2.75, 3.05) is 6.61 Å². The Morgan fingerprint density at radius 1 is 1.62 bits per heavy atom. The minimum atomic E-state index is -2.98. The van der Waals surface area contributed by atoms with Crippen molar-refractivity contribution in [1.29, 1.82) is 0 Å². The third-order valence-electron chi connectivity index (χ3n) is 1.63. The molecule has 0 fully saturated rings. The Balaban J connectivity index is 3.19. The van der Waals surface area contributed by atoms with E-state index >= 15 is 0 Å². The number of nitrogens with zero attached hydrogens (tertiary/aromatic N) is 1. The molecule has 0 atom stereocenters. The Morgan fingerprint density at radius 3 is 2.75 bits per heavy atom. The Bertz CT molecular complexity index is 412. The van der Waals surface area contributed by atoms with Gasteiger partial charge in [-0.15, -0.1) is 0 Å². The molecule has 0 aromatic carbocycles. The fraction of sp³-hybridized carbons (Fsp3) is 0.333. The van der Waals surface area contributed by atoms with Crippen LogP contribution in [0.25, 0.3) is 0 Å². The van der Waals surface area contributed by atoms with Gasteiger partial charge in [-0.05, 0) is 13.0 Å². The van der Waals surface area contributed by atoms with E-state index in [-0.39, 0.29) is 6.61 Å². The van der Waals surface area contributed by atoms with Gasteiger partial charge >= 0.3 is 5.97 Å². The van der Waals surface area contributed by atoms with Gasteiger partial charge in [0.05, 0.1) is 11.6 Å². The topological polar surface area (TPSA) is 39.2 Å². The van der Waals surface area contributed by atoms with Crippen molar-refractivity contribution in [3.05, 3.63) is 28.3 Å². The Labute approximate surface area is 94.2 Å². The summed E-state index contributed by atoms with van der Waals surface area (Å²) in [5.41, 5.74) is -1.63. The molecule has 0 spiro atoms. The maximum atomic E-state index is 13.2. The average Bonchev–Trinajstić information content (AvgIpc) is 2.17. The molecule has 3 nitrogen and oxygen atoms in total. The van der Waals surface area contributed by atoms with E-state index in [1.165, 1.54) is 6.92 Å². The zero-order chi connectivity index (χ0) is 12.3. The summed E-state index contributed by atoms with van der Waals surface area (Å²) in [6.45, 7) is 1.49. The molecule has 0 radical (unpaired) electrons. The highest BCUT2D eigenvalue weighted by Gasteiger charge is 2.22. The van der Waals surface area contributed by atoms with Gasteiger partial charge in [0, 0.05) is 0 Å². The molecule has 0 saturated heterocycles. The van der Waals surface area contributed by atoms with Crippen LogP contribution >= 0.6 is 11.6 Å². The standard InChI is InChI=1S/C9H7ClF3NO2/c1-2-16-9(15)7-5(11)3-4(10)6(14-7)8(12)13/h3,8H,2H2,1H3. The molecule has 0 aliphatic carbocycles. The van der Waals surface area contributed by atoms with Crippen molar-refractivity contribution in [1.82, 2.24) is 4.98 Å². The van der Waals surface area contributed by atoms with Gasteiger partial charge in [-0.25, -0.2) is 22.9 Å². The second kappa shape index (κ2) is 5.16. The normalized spacial score (nSPS) is 10.6. The zero-order valence-electron chi connectivity index (χ0n) is 8.14. The number of rotatable bonds is 3. The highest BCUT2D eigenvalue weighted by Crippen LogP contribution is 2.26. The van der Waals surface area contributed by atoms with Crippen LogP contribution in [0.15, 0.2) is 6.07 Å². The van der Waals surface area contributed by atoms with Gasteiger partial charge in [0.1, 0.15) is 5.69 Å². The van der Waals surface area contributed by atoms with Crippen LogP contribution in [0.1, 0.15) is 29.5 Å². The van der Waals surface area contributed by atoms with Crippen LogP contribution in [0.5, 0.6) is 0 Å². The summed E-state index contributed by atoms with van der Waals surface area (Å²) < 4.78 is 42.4. The van der Waals surface area contributed by atoms with Gasteiger partial charge in [-0.2, -0.15) is 0 Å². The lowest BCUT2D eigenvalue weighted by molar-refractivity contribution is 0.0512. The first-order valence-electron chi connectivity index (χ1n) is 4.28. The monoisotopic (exact) mass is 253 g/mol. The molecule has 0 N–H and O–H groups in total. The molecule has 1 heterocycles. The van der Waals surface area contributed by atoms with E-state index < -0.39 is 34.6 Å². The fourth-order valence-electron chi connectivity index (χ4n) is 0.976. The summed E-state index contributed by atoms with van der Waals surface area (Å²) >= 11 is 5.34. The van der Waals surface area contributed by atoms with E-state index in [4.69, 9.17) is 11.6 Å². The fourth-order valence-corrected chi connectivity index (χ4v) is 1.20. The summed E-state index contributed by atoms with van der Waals surface area (Å²) in [6, 6.07) is 0.613. The lowest BCUT2D eigenvalue weighted by Gasteiger charge is -2.06. The second-order valence-corrected chi connectivity index (χ2v) is 3.11. The minimum Gasteiger partial charge on any atom is -0.461 e. The molecule has 1 aromatic rings. The third-order valence-corrected chi connectivity index (χ3v) is 1.93. The molecular formula is C9H7ClF3NO2. The molecule has 0 unspecified atom stereocenters. The van der Waals surface area contributed by atoms with Gasteiger partial charge in [0.2, 0.25) is 0 Å². The average molecular weight is 254 g/mol. The first-order valence-corrected chi connectivity index (χ1v) is 4.66. The van der Waals surface area contributed by atoms with Crippen molar-refractivity contribution in [3.63, 3.8) is 0 Å². The molecule has 16 heavy (non-hydrogen) atoms. The highest BCUT2D eigenvalue weighted by molar-refractivity contribution is 6.31. The van der Waals surface area contributed by atoms with Crippen LogP contribution in [-0.4, -0.2) is 17.6 Å². The Morgan fingerprint density at radius 2 is 2.25 bits per heavy atom. The Hall–Kier alpha value is -1.30. The van der Waals surface area contributed by atoms with E-state index in [9.17, 15) is 18.0 Å². The van der Waals surface area contributed by atoms with Gasteiger partial charge in [-0.3, -0.25) is 0 Å². The number of ether oxygens (including phenoxy) is 1. The second-order valence-electron chi connectivity index (χ2n) is 2.71. The lowest BCUT2D eigenvalue weighted by Crippen LogP contribution is -2.11. The summed E-state index contributed by atoms with van der Waals surface area (Å²) in [4.78, 5) is 14.3. The maximum absolute atomic E-state index is 13.2. The molecular weight excluding hydrogens is 247 g/mol. The number of pyridine rings is 1. The number of carbonyl (C=O) groups excluding carboxylic acids is 1. The zero-order valence-corrected chi connectivity index (χ0v) is 8.89. The quantitative estimate of drug-likeness (QED) is 0.778. The molecule has 0 aliphatic rings. The van der Waals surface area contributed by atoms with Crippen molar-refractivity contribution in [3.8, 4) is 0 Å². The number of hydrogen-bond donors (Lipinski definition) is 0. The van der Waals surface area contributed by atoms with Crippen LogP contribution in [0.4, 0.5) is 13.2 Å². The number of halogens is 4. The summed E-state index contributed by atoms with van der Waals surface area (Å²) in [5.74, 6) is -2.19. The van der Waals surface area contributed by atoms with Gasteiger partial charge in [0.15, 0.2) is 11.5 Å². The molecule has 1 aromatic heterocycles. The van der Waals surface area contributed by atoms with E-state index in [0.717, 1.165) is 0 Å². The SMILES string of the molecule is CCOC(=O)c1nc(C(F)F)c(Cl)cc1F. The van der Waals surface area contributed by atoms with E-state index in [2.05, 4.69) is 9.72 Å². The predicted octanol–water partition coefficient (Wildman–Crippen LogP) is 2.99. The molecule has 88 valence electrons. The maximum Gasteiger partial charge on any atom is 0.360 e. The third kappa shape index (κ3) is 2.63. The van der Waals surface area contributed by atoms with Gasteiger partial charge < -0.3 is 4.74 Å². The minimum absolute atomic E-state index is 0.00735. The van der Waals surface area contributed by atoms with Gasteiger partial charge in [-0.1, -0.05) is 11.6 Å². The Kier molecular flexibility index (Phi) is 4.12.